The van der Waals surface area contributed by atoms with Crippen LogP contribution in [0.25, 0.3) is 0 Å². The van der Waals surface area contributed by atoms with Crippen LogP contribution in [0.5, 0.6) is 0 Å². The van der Waals surface area contributed by atoms with Crippen molar-refractivity contribution in [2.24, 2.45) is 0 Å². The second-order valence-electron chi connectivity index (χ2n) is 1.96. The van der Waals surface area contributed by atoms with Gasteiger partial charge in [0, 0.05) is 6.20 Å². The summed E-state index contributed by atoms with van der Waals surface area (Å²) < 4.78 is 0. The number of hydrogen-bond acceptors (Lipinski definition) is 4. The molecule has 0 aromatic carbocycles. The van der Waals surface area contributed by atoms with Crippen LogP contribution in [0, 0.1) is 0 Å². The molecule has 0 radical (unpaired) electrons. The quantitative estimate of drug-likeness (QED) is 0.444. The average Bonchev–Trinajstić information content (AvgIpc) is 2.72. The summed E-state index contributed by atoms with van der Waals surface area (Å²) in [5.41, 5.74) is 0.370. The normalized spacial score (nSPS) is 20.5. The summed E-state index contributed by atoms with van der Waals surface area (Å²) >= 11 is 0. The van der Waals surface area contributed by atoms with Gasteiger partial charge in [-0.25, -0.2) is 0 Å². The van der Waals surface area contributed by atoms with Crippen LogP contribution in [0.2, 0.25) is 0 Å². The highest BCUT2D eigenvalue weighted by molar-refractivity contribution is 5.08. The van der Waals surface area contributed by atoms with Gasteiger partial charge in [-0.15, -0.1) is 0 Å². The number of nitrogens with zero attached hydrogens (tertiary/aromatic N) is 1. The lowest BCUT2D eigenvalue weighted by molar-refractivity contribution is 0.0219. The van der Waals surface area contributed by atoms with Crippen molar-refractivity contribution in [3.8, 4) is 0 Å². The van der Waals surface area contributed by atoms with Crippen LogP contribution >= 0.6 is 0 Å². The van der Waals surface area contributed by atoms with Crippen LogP contribution in [-0.2, 0) is 15.7 Å². The first kappa shape index (κ1) is 5.79. The molecule has 2 heterocycles. The summed E-state index contributed by atoms with van der Waals surface area (Å²) in [6.07, 6.45) is 1.55. The lowest BCUT2D eigenvalue weighted by Crippen LogP contribution is -2.07. The lowest BCUT2D eigenvalue weighted by atomic mass is 10.3. The van der Waals surface area contributed by atoms with E-state index in [0.717, 1.165) is 0 Å². The van der Waals surface area contributed by atoms with Crippen molar-refractivity contribution < 1.29 is 14.9 Å². The highest BCUT2D eigenvalue weighted by atomic mass is 17.4. The minimum atomic E-state index is -1.57. The summed E-state index contributed by atoms with van der Waals surface area (Å²) in [7, 11) is 0. The molecule has 1 aromatic rings. The standard InChI is InChI=1S/C6H5NO3/c8-6(9-10-6)5-3-1-2-4-7-5/h1-4,8H. The van der Waals surface area contributed by atoms with Crippen molar-refractivity contribution in [2.45, 2.75) is 5.97 Å². The van der Waals surface area contributed by atoms with Gasteiger partial charge in [-0.3, -0.25) is 4.98 Å². The van der Waals surface area contributed by atoms with Gasteiger partial charge in [-0.2, -0.15) is 9.78 Å². The third-order valence-electron chi connectivity index (χ3n) is 1.23. The minimum absolute atomic E-state index is 0.370. The Morgan fingerprint density at radius 2 is 2.20 bits per heavy atom. The van der Waals surface area contributed by atoms with E-state index in [1.165, 1.54) is 0 Å². The van der Waals surface area contributed by atoms with Crippen LogP contribution in [0.3, 0.4) is 0 Å². The van der Waals surface area contributed by atoms with Gasteiger partial charge >= 0.3 is 5.97 Å². The molecule has 0 bridgehead atoms. The second kappa shape index (κ2) is 1.76. The Balaban J connectivity index is 2.35. The summed E-state index contributed by atoms with van der Waals surface area (Å²) in [6.45, 7) is 0. The number of aliphatic hydroxyl groups is 1. The topological polar surface area (TPSA) is 58.2 Å². The highest BCUT2D eigenvalue weighted by Crippen LogP contribution is 2.35. The van der Waals surface area contributed by atoms with E-state index >= 15 is 0 Å². The van der Waals surface area contributed by atoms with E-state index < -0.39 is 5.97 Å². The van der Waals surface area contributed by atoms with Crippen LogP contribution in [0.4, 0.5) is 0 Å². The maximum atomic E-state index is 9.09. The molecule has 4 nitrogen and oxygen atoms in total. The van der Waals surface area contributed by atoms with Crippen LogP contribution in [-0.4, -0.2) is 10.1 Å². The molecular formula is C6H5NO3. The first-order valence-electron chi connectivity index (χ1n) is 2.82. The molecule has 1 aliphatic heterocycles. The van der Waals surface area contributed by atoms with Crippen LogP contribution in [0.15, 0.2) is 24.4 Å². The zero-order valence-corrected chi connectivity index (χ0v) is 5.02. The molecule has 0 amide bonds. The van der Waals surface area contributed by atoms with E-state index in [4.69, 9.17) is 5.11 Å². The van der Waals surface area contributed by atoms with Crippen molar-refractivity contribution >= 4 is 0 Å². The van der Waals surface area contributed by atoms with Crippen molar-refractivity contribution in [1.82, 2.24) is 4.98 Å². The summed E-state index contributed by atoms with van der Waals surface area (Å²) in [4.78, 5) is 12.4. The molecular weight excluding hydrogens is 134 g/mol. The van der Waals surface area contributed by atoms with Gasteiger partial charge in [0.1, 0.15) is 5.69 Å². The smallest absolute Gasteiger partial charge is 0.335 e. The highest BCUT2D eigenvalue weighted by Gasteiger charge is 2.50. The molecule has 1 N–H and O–H groups in total. The molecule has 1 saturated heterocycles. The molecule has 1 aromatic heterocycles. The molecule has 4 heteroatoms. The van der Waals surface area contributed by atoms with E-state index in [2.05, 4.69) is 14.8 Å². The fourth-order valence-electron chi connectivity index (χ4n) is 0.674. The maximum Gasteiger partial charge on any atom is 0.381 e. The Hall–Kier alpha value is -0.970. The van der Waals surface area contributed by atoms with Crippen molar-refractivity contribution in [3.63, 3.8) is 0 Å². The Morgan fingerprint density at radius 1 is 1.40 bits per heavy atom. The molecule has 0 spiro atoms. The predicted octanol–water partition coefficient (Wildman–Crippen LogP) is 0.146. The van der Waals surface area contributed by atoms with E-state index in [1.54, 1.807) is 24.4 Å². The predicted molar refractivity (Wildman–Crippen MR) is 30.3 cm³/mol. The lowest BCUT2D eigenvalue weighted by Gasteiger charge is -1.94. The van der Waals surface area contributed by atoms with Gasteiger partial charge < -0.3 is 5.11 Å². The average molecular weight is 139 g/mol. The zero-order valence-electron chi connectivity index (χ0n) is 5.02. The van der Waals surface area contributed by atoms with Gasteiger partial charge in [0.25, 0.3) is 0 Å². The molecule has 0 unspecified atom stereocenters. The molecule has 1 aliphatic rings. The van der Waals surface area contributed by atoms with Gasteiger partial charge in [0.15, 0.2) is 0 Å². The molecule has 10 heavy (non-hydrogen) atoms. The largest absolute Gasteiger partial charge is 0.381 e. The summed E-state index contributed by atoms with van der Waals surface area (Å²) in [6, 6.07) is 5.10. The third kappa shape index (κ3) is 0.786. The van der Waals surface area contributed by atoms with Gasteiger partial charge in [-0.05, 0) is 12.1 Å². The minimum Gasteiger partial charge on any atom is -0.335 e. The van der Waals surface area contributed by atoms with Gasteiger partial charge in [0.2, 0.25) is 0 Å². The SMILES string of the molecule is OC1(c2ccccn2)OO1. The van der Waals surface area contributed by atoms with Crippen molar-refractivity contribution in [1.29, 1.82) is 0 Å². The van der Waals surface area contributed by atoms with Crippen LogP contribution < -0.4 is 0 Å². The van der Waals surface area contributed by atoms with Crippen molar-refractivity contribution in [3.05, 3.63) is 30.1 Å². The monoisotopic (exact) mass is 139 g/mol. The molecule has 2 rings (SSSR count). The first-order valence-corrected chi connectivity index (χ1v) is 2.82. The Kier molecular flexibility index (Phi) is 1.02. The number of aromatic nitrogens is 1. The van der Waals surface area contributed by atoms with Crippen LogP contribution in [0.1, 0.15) is 5.69 Å². The van der Waals surface area contributed by atoms with Crippen molar-refractivity contribution in [2.75, 3.05) is 0 Å². The third-order valence-corrected chi connectivity index (χ3v) is 1.23. The Labute approximate surface area is 57.0 Å². The number of pyridine rings is 1. The zero-order chi connectivity index (χ0) is 7.03. The van der Waals surface area contributed by atoms with E-state index in [9.17, 15) is 0 Å². The summed E-state index contributed by atoms with van der Waals surface area (Å²) in [5.74, 6) is -1.57. The van der Waals surface area contributed by atoms with Gasteiger partial charge in [0.05, 0.1) is 0 Å². The summed E-state index contributed by atoms with van der Waals surface area (Å²) in [5, 5.41) is 9.09. The molecule has 0 aliphatic carbocycles. The Morgan fingerprint density at radius 3 is 2.70 bits per heavy atom. The molecule has 0 saturated carbocycles. The second-order valence-corrected chi connectivity index (χ2v) is 1.96. The first-order chi connectivity index (χ1) is 4.81. The van der Waals surface area contributed by atoms with Gasteiger partial charge in [-0.1, -0.05) is 6.07 Å². The molecule has 52 valence electrons. The molecule has 0 atom stereocenters. The Bertz CT molecular complexity index is 232. The molecule has 1 fully saturated rings. The van der Waals surface area contributed by atoms with E-state index in [1.807, 2.05) is 0 Å². The maximum absolute atomic E-state index is 9.09. The van der Waals surface area contributed by atoms with E-state index in [-0.39, 0.29) is 0 Å². The fourth-order valence-corrected chi connectivity index (χ4v) is 0.674. The fraction of sp³-hybridized carbons (Fsp3) is 0.167. The number of rotatable bonds is 1. The van der Waals surface area contributed by atoms with E-state index in [0.29, 0.717) is 5.69 Å². The number of hydrogen-bond donors (Lipinski definition) is 1.